The Morgan fingerprint density at radius 3 is 2.70 bits per heavy atom. The van der Waals surface area contributed by atoms with Crippen molar-refractivity contribution in [3.8, 4) is 5.75 Å². The highest BCUT2D eigenvalue weighted by atomic mass is 16.5. The van der Waals surface area contributed by atoms with Crippen LogP contribution in [0.25, 0.3) is 0 Å². The number of carbonyl (C=O) groups excluding carboxylic acids is 1. The van der Waals surface area contributed by atoms with Crippen molar-refractivity contribution in [2.75, 3.05) is 19.4 Å². The largest absolute Gasteiger partial charge is 0.497 e. The molecule has 0 radical (unpaired) electrons. The first kappa shape index (κ1) is 15.8. The topological polar surface area (TPSA) is 102 Å². The van der Waals surface area contributed by atoms with Crippen LogP contribution in [0.15, 0.2) is 18.2 Å². The molecule has 20 heavy (non-hydrogen) atoms. The second-order valence-corrected chi connectivity index (χ2v) is 4.49. The van der Waals surface area contributed by atoms with Gasteiger partial charge in [-0.05, 0) is 24.6 Å². The highest BCUT2D eigenvalue weighted by Gasteiger charge is 2.18. The van der Waals surface area contributed by atoms with Gasteiger partial charge >= 0.3 is 5.97 Å². The summed E-state index contributed by atoms with van der Waals surface area (Å²) in [7, 11) is 1.49. The van der Waals surface area contributed by atoms with E-state index in [1.807, 2.05) is 6.92 Å². The van der Waals surface area contributed by atoms with Gasteiger partial charge in [0.2, 0.25) is 0 Å². The van der Waals surface area contributed by atoms with Crippen LogP contribution in [-0.2, 0) is 4.79 Å². The minimum absolute atomic E-state index is 0.0820. The number of methoxy groups -OCH3 is 1. The molecule has 1 rings (SSSR count). The van der Waals surface area contributed by atoms with Gasteiger partial charge in [-0.1, -0.05) is 13.3 Å². The summed E-state index contributed by atoms with van der Waals surface area (Å²) in [4.78, 5) is 23.0. The third-order valence-corrected chi connectivity index (χ3v) is 3.00. The van der Waals surface area contributed by atoms with E-state index in [-0.39, 0.29) is 12.1 Å². The molecule has 1 amide bonds. The monoisotopic (exact) mass is 280 g/mol. The summed E-state index contributed by atoms with van der Waals surface area (Å²) < 4.78 is 5.03. The van der Waals surface area contributed by atoms with E-state index in [1.54, 1.807) is 12.1 Å². The van der Waals surface area contributed by atoms with Crippen LogP contribution in [0.4, 0.5) is 5.69 Å². The van der Waals surface area contributed by atoms with Crippen molar-refractivity contribution in [1.29, 1.82) is 0 Å². The fourth-order valence-corrected chi connectivity index (χ4v) is 1.83. The van der Waals surface area contributed by atoms with Crippen LogP contribution in [0.2, 0.25) is 0 Å². The Kier molecular flexibility index (Phi) is 5.83. The molecule has 6 heteroatoms. The van der Waals surface area contributed by atoms with Gasteiger partial charge < -0.3 is 20.9 Å². The molecule has 0 aliphatic rings. The van der Waals surface area contributed by atoms with Crippen LogP contribution < -0.4 is 15.8 Å². The van der Waals surface area contributed by atoms with Crippen LogP contribution >= 0.6 is 0 Å². The Balaban J connectivity index is 2.73. The highest BCUT2D eigenvalue weighted by molar-refractivity contribution is 5.99. The van der Waals surface area contributed by atoms with Gasteiger partial charge in [0.1, 0.15) is 5.75 Å². The number of carboxylic acids is 1. The van der Waals surface area contributed by atoms with Crippen molar-refractivity contribution in [2.45, 2.75) is 19.8 Å². The summed E-state index contributed by atoms with van der Waals surface area (Å²) in [5, 5.41) is 11.6. The van der Waals surface area contributed by atoms with Crippen molar-refractivity contribution in [1.82, 2.24) is 5.32 Å². The molecule has 1 aromatic carbocycles. The Morgan fingerprint density at radius 1 is 1.45 bits per heavy atom. The van der Waals surface area contributed by atoms with Gasteiger partial charge in [0.05, 0.1) is 18.6 Å². The molecular formula is C14H20N2O4. The molecule has 0 spiro atoms. The number of hydrogen-bond acceptors (Lipinski definition) is 4. The lowest BCUT2D eigenvalue weighted by Crippen LogP contribution is -2.33. The zero-order valence-electron chi connectivity index (χ0n) is 11.7. The van der Waals surface area contributed by atoms with Crippen LogP contribution in [0, 0.1) is 5.92 Å². The Hall–Kier alpha value is -2.24. The fraction of sp³-hybridized carbons (Fsp3) is 0.429. The van der Waals surface area contributed by atoms with E-state index in [1.165, 1.54) is 13.2 Å². The minimum Gasteiger partial charge on any atom is -0.497 e. The summed E-state index contributed by atoms with van der Waals surface area (Å²) in [6, 6.07) is 4.76. The van der Waals surface area contributed by atoms with Gasteiger partial charge in [-0.3, -0.25) is 9.59 Å². The van der Waals surface area contributed by atoms with Crippen molar-refractivity contribution in [3.63, 3.8) is 0 Å². The number of rotatable bonds is 7. The number of hydrogen-bond donors (Lipinski definition) is 3. The first-order valence-electron chi connectivity index (χ1n) is 6.44. The molecule has 6 nitrogen and oxygen atoms in total. The van der Waals surface area contributed by atoms with E-state index in [0.717, 1.165) is 6.42 Å². The quantitative estimate of drug-likeness (QED) is 0.657. The molecule has 1 atom stereocenters. The molecule has 1 unspecified atom stereocenters. The number of carboxylic acid groups (broad SMARTS) is 1. The average Bonchev–Trinajstić information content (AvgIpc) is 2.43. The zero-order valence-corrected chi connectivity index (χ0v) is 11.7. The van der Waals surface area contributed by atoms with E-state index < -0.39 is 17.8 Å². The number of carbonyl (C=O) groups is 2. The fourth-order valence-electron chi connectivity index (χ4n) is 1.83. The van der Waals surface area contributed by atoms with Gasteiger partial charge in [0.25, 0.3) is 5.91 Å². The summed E-state index contributed by atoms with van der Waals surface area (Å²) in [6.07, 6.45) is 1.26. The Labute approximate surface area is 117 Å². The van der Waals surface area contributed by atoms with Gasteiger partial charge in [-0.15, -0.1) is 0 Å². The molecule has 0 aromatic heterocycles. The van der Waals surface area contributed by atoms with Gasteiger partial charge in [-0.2, -0.15) is 0 Å². The number of nitrogens with one attached hydrogen (secondary N) is 1. The van der Waals surface area contributed by atoms with Gasteiger partial charge in [0.15, 0.2) is 0 Å². The lowest BCUT2D eigenvalue weighted by Gasteiger charge is -2.13. The lowest BCUT2D eigenvalue weighted by atomic mass is 10.0. The maximum atomic E-state index is 12.0. The Morgan fingerprint density at radius 2 is 2.15 bits per heavy atom. The van der Waals surface area contributed by atoms with E-state index in [2.05, 4.69) is 5.32 Å². The Bertz CT molecular complexity index is 488. The number of nitrogens with two attached hydrogens (primary N) is 1. The first-order valence-corrected chi connectivity index (χ1v) is 6.44. The standard InChI is InChI=1S/C14H20N2O4/c1-3-4-9(14(18)19)8-16-13(17)11-7-10(20-2)5-6-12(11)15/h5-7,9H,3-4,8,15H2,1-2H3,(H,16,17)(H,18,19). The van der Waals surface area contributed by atoms with Crippen LogP contribution in [-0.4, -0.2) is 30.6 Å². The third kappa shape index (κ3) is 4.15. The second kappa shape index (κ2) is 7.37. The van der Waals surface area contributed by atoms with Crippen molar-refractivity contribution in [2.24, 2.45) is 5.92 Å². The first-order chi connectivity index (χ1) is 9.49. The maximum absolute atomic E-state index is 12.0. The summed E-state index contributed by atoms with van der Waals surface area (Å²) in [6.45, 7) is 1.98. The van der Waals surface area contributed by atoms with Crippen molar-refractivity contribution in [3.05, 3.63) is 23.8 Å². The van der Waals surface area contributed by atoms with E-state index in [9.17, 15) is 9.59 Å². The summed E-state index contributed by atoms with van der Waals surface area (Å²) in [5.41, 5.74) is 6.34. The smallest absolute Gasteiger partial charge is 0.308 e. The molecule has 0 saturated heterocycles. The molecule has 0 fully saturated rings. The number of amides is 1. The molecule has 1 aromatic rings. The van der Waals surface area contributed by atoms with Crippen molar-refractivity contribution < 1.29 is 19.4 Å². The van der Waals surface area contributed by atoms with E-state index >= 15 is 0 Å². The molecule has 0 aliphatic carbocycles. The zero-order chi connectivity index (χ0) is 15.1. The number of nitrogen functional groups attached to an aromatic ring is 1. The van der Waals surface area contributed by atoms with E-state index in [4.69, 9.17) is 15.6 Å². The molecule has 0 heterocycles. The number of aliphatic carboxylic acids is 1. The SMILES string of the molecule is CCCC(CNC(=O)c1cc(OC)ccc1N)C(=O)O. The van der Waals surface area contributed by atoms with Gasteiger partial charge in [-0.25, -0.2) is 0 Å². The molecule has 4 N–H and O–H groups in total. The second-order valence-electron chi connectivity index (χ2n) is 4.49. The lowest BCUT2D eigenvalue weighted by molar-refractivity contribution is -0.141. The van der Waals surface area contributed by atoms with Crippen molar-refractivity contribution >= 4 is 17.6 Å². The van der Waals surface area contributed by atoms with Crippen LogP contribution in [0.1, 0.15) is 30.1 Å². The number of ether oxygens (including phenoxy) is 1. The average molecular weight is 280 g/mol. The van der Waals surface area contributed by atoms with Gasteiger partial charge in [0, 0.05) is 12.2 Å². The molecule has 0 bridgehead atoms. The van der Waals surface area contributed by atoms with Crippen LogP contribution in [0.3, 0.4) is 0 Å². The summed E-state index contributed by atoms with van der Waals surface area (Å²) >= 11 is 0. The van der Waals surface area contributed by atoms with E-state index in [0.29, 0.717) is 17.9 Å². The highest BCUT2D eigenvalue weighted by Crippen LogP contribution is 2.19. The molecule has 0 saturated carbocycles. The summed E-state index contributed by atoms with van der Waals surface area (Å²) in [5.74, 6) is -1.38. The molecular weight excluding hydrogens is 260 g/mol. The van der Waals surface area contributed by atoms with Crippen LogP contribution in [0.5, 0.6) is 5.75 Å². The maximum Gasteiger partial charge on any atom is 0.308 e. The number of benzene rings is 1. The molecule has 0 aliphatic heterocycles. The third-order valence-electron chi connectivity index (χ3n) is 3.00. The molecule has 110 valence electrons. The minimum atomic E-state index is -0.911. The number of anilines is 1. The predicted molar refractivity (Wildman–Crippen MR) is 75.8 cm³/mol. The normalized spacial score (nSPS) is 11.7. The predicted octanol–water partition coefficient (Wildman–Crippen LogP) is 1.51.